The molecule has 2 unspecified atom stereocenters. The highest BCUT2D eigenvalue weighted by molar-refractivity contribution is 6.08. The first-order chi connectivity index (χ1) is 21.0. The lowest BCUT2D eigenvalue weighted by molar-refractivity contribution is 0.0574. The second kappa shape index (κ2) is 13.2. The number of piperazine rings is 1. The minimum absolute atomic E-state index is 0.0731. The van der Waals surface area contributed by atoms with Crippen molar-refractivity contribution in [3.8, 4) is 11.5 Å². The van der Waals surface area contributed by atoms with Crippen molar-refractivity contribution in [1.29, 1.82) is 0 Å². The summed E-state index contributed by atoms with van der Waals surface area (Å²) in [5.74, 6) is 1.18. The van der Waals surface area contributed by atoms with Crippen molar-refractivity contribution in [1.82, 2.24) is 19.7 Å². The molecule has 0 aliphatic carbocycles. The summed E-state index contributed by atoms with van der Waals surface area (Å²) < 4.78 is 26.9. The second-order valence-corrected chi connectivity index (χ2v) is 11.8. The molecule has 1 N–H and O–H groups in total. The van der Waals surface area contributed by atoms with Crippen LogP contribution in [0.5, 0.6) is 11.5 Å². The number of carbonyl (C=O) groups is 1. The van der Waals surface area contributed by atoms with Crippen LogP contribution in [-0.2, 0) is 13.1 Å². The molecule has 3 heterocycles. The van der Waals surface area contributed by atoms with E-state index < -0.39 is 0 Å². The van der Waals surface area contributed by atoms with Gasteiger partial charge in [0.05, 0.1) is 18.2 Å². The van der Waals surface area contributed by atoms with E-state index in [4.69, 9.17) is 9.47 Å². The van der Waals surface area contributed by atoms with Crippen LogP contribution in [0, 0.1) is 12.7 Å². The lowest BCUT2D eigenvalue weighted by Gasteiger charge is -2.41. The van der Waals surface area contributed by atoms with Gasteiger partial charge in [0.25, 0.3) is 5.91 Å². The first-order valence-electron chi connectivity index (χ1n) is 15.3. The number of aryl methyl sites for hydroxylation is 2. The van der Waals surface area contributed by atoms with Gasteiger partial charge in [-0.15, -0.1) is 0 Å². The first-order valence-corrected chi connectivity index (χ1v) is 15.3. The van der Waals surface area contributed by atoms with Crippen LogP contribution < -0.4 is 14.8 Å². The quantitative estimate of drug-likeness (QED) is 0.234. The number of benzene rings is 3. The van der Waals surface area contributed by atoms with Gasteiger partial charge in [-0.25, -0.2) is 4.39 Å². The fourth-order valence-corrected chi connectivity index (χ4v) is 6.82. The molecule has 8 heteroatoms. The number of methoxy groups -OCH3 is 1. The number of aromatic nitrogens is 1. The Bertz CT molecular complexity index is 1540. The van der Waals surface area contributed by atoms with E-state index in [9.17, 15) is 9.18 Å². The van der Waals surface area contributed by atoms with Gasteiger partial charge < -0.3 is 19.4 Å². The normalized spacial score (nSPS) is 18.7. The zero-order valence-electron chi connectivity index (χ0n) is 25.1. The summed E-state index contributed by atoms with van der Waals surface area (Å²) in [6, 6.07) is 21.5. The molecule has 2 bridgehead atoms. The monoisotopic (exact) mass is 584 g/mol. The molecule has 2 fully saturated rings. The third-order valence-corrected chi connectivity index (χ3v) is 8.88. The Morgan fingerprint density at radius 2 is 1.74 bits per heavy atom. The maximum Gasteiger partial charge on any atom is 0.253 e. The Hall–Kier alpha value is -3.88. The Morgan fingerprint density at radius 3 is 2.49 bits per heavy atom. The molecule has 2 aliphatic rings. The van der Waals surface area contributed by atoms with Crippen LogP contribution in [0.25, 0.3) is 10.9 Å². The number of hydrogen-bond acceptors (Lipinski definition) is 5. The van der Waals surface area contributed by atoms with E-state index in [-0.39, 0.29) is 11.7 Å². The summed E-state index contributed by atoms with van der Waals surface area (Å²) in [5, 5.41) is 4.03. The Morgan fingerprint density at radius 1 is 0.977 bits per heavy atom. The molecule has 2 aliphatic heterocycles. The van der Waals surface area contributed by atoms with Crippen LogP contribution >= 0.6 is 0 Å². The van der Waals surface area contributed by atoms with E-state index in [2.05, 4.69) is 38.7 Å². The molecule has 1 amide bonds. The molecular formula is C35H41FN4O3. The van der Waals surface area contributed by atoms with Crippen LogP contribution in [0.3, 0.4) is 0 Å². The van der Waals surface area contributed by atoms with Gasteiger partial charge in [-0.3, -0.25) is 14.6 Å². The third kappa shape index (κ3) is 6.71. The zero-order valence-corrected chi connectivity index (χ0v) is 25.1. The van der Waals surface area contributed by atoms with E-state index >= 15 is 0 Å². The van der Waals surface area contributed by atoms with Gasteiger partial charge in [0, 0.05) is 62.9 Å². The summed E-state index contributed by atoms with van der Waals surface area (Å²) in [5.41, 5.74) is 3.92. The minimum atomic E-state index is -0.246. The van der Waals surface area contributed by atoms with Crippen LogP contribution in [0.4, 0.5) is 4.39 Å². The lowest BCUT2D eigenvalue weighted by Crippen LogP contribution is -2.54. The highest BCUT2D eigenvalue weighted by atomic mass is 19.1. The summed E-state index contributed by atoms with van der Waals surface area (Å²) in [6.45, 7) is 7.97. The van der Waals surface area contributed by atoms with E-state index in [1.807, 2.05) is 36.5 Å². The predicted octanol–water partition coefficient (Wildman–Crippen LogP) is 5.65. The van der Waals surface area contributed by atoms with Gasteiger partial charge in [-0.05, 0) is 62.1 Å². The number of halogens is 1. The second-order valence-electron chi connectivity index (χ2n) is 11.8. The number of fused-ring (bicyclic) bond motifs is 3. The number of nitrogens with one attached hydrogen (secondary N) is 1. The van der Waals surface area contributed by atoms with Gasteiger partial charge in [-0.1, -0.05) is 42.0 Å². The fourth-order valence-electron chi connectivity index (χ4n) is 6.82. The van der Waals surface area contributed by atoms with Gasteiger partial charge in [-0.2, -0.15) is 0 Å². The molecule has 1 aromatic heterocycles. The lowest BCUT2D eigenvalue weighted by atomic mass is 10.1. The standard InChI is InChI=1S/C35H41FN4O3/c1-25-6-3-7-26(20-25)21-37-35(41)32-24-39(34-31(32)8-4-9-33(34)42-2)16-5-17-40-28-12-13-29(40)23-38(22-28)18-19-43-30-14-10-27(36)11-15-30/h3-4,6-11,14-15,20,24,28-29H,5,12-13,16-19,21-23H2,1-2H3,(H,37,41). The summed E-state index contributed by atoms with van der Waals surface area (Å²) in [6.07, 6.45) is 5.44. The zero-order chi connectivity index (χ0) is 29.8. The number of rotatable bonds is 12. The Balaban J connectivity index is 1.05. The molecular weight excluding hydrogens is 543 g/mol. The molecule has 0 spiro atoms. The number of hydrogen-bond donors (Lipinski definition) is 1. The maximum absolute atomic E-state index is 13.3. The Labute approximate surface area is 253 Å². The largest absolute Gasteiger partial charge is 0.495 e. The van der Waals surface area contributed by atoms with E-state index in [1.54, 1.807) is 19.2 Å². The third-order valence-electron chi connectivity index (χ3n) is 8.88. The predicted molar refractivity (Wildman–Crippen MR) is 167 cm³/mol. The molecule has 2 atom stereocenters. The smallest absolute Gasteiger partial charge is 0.253 e. The summed E-state index contributed by atoms with van der Waals surface area (Å²) in [7, 11) is 1.69. The summed E-state index contributed by atoms with van der Waals surface area (Å²) >= 11 is 0. The van der Waals surface area contributed by atoms with Gasteiger partial charge in [0.15, 0.2) is 0 Å². The van der Waals surface area contributed by atoms with Crippen molar-refractivity contribution in [2.24, 2.45) is 0 Å². The van der Waals surface area contributed by atoms with Crippen LogP contribution in [-0.4, -0.2) is 72.3 Å². The molecule has 2 saturated heterocycles. The van der Waals surface area contributed by atoms with Crippen molar-refractivity contribution < 1.29 is 18.7 Å². The molecule has 3 aromatic carbocycles. The maximum atomic E-state index is 13.3. The molecule has 43 heavy (non-hydrogen) atoms. The first kappa shape index (κ1) is 29.2. The average Bonchev–Trinajstić information content (AvgIpc) is 3.50. The molecule has 0 radical (unpaired) electrons. The fraction of sp³-hybridized carbons (Fsp3) is 0.400. The number of para-hydroxylation sites is 1. The van der Waals surface area contributed by atoms with Crippen molar-refractivity contribution >= 4 is 16.8 Å². The molecule has 6 rings (SSSR count). The number of amides is 1. The van der Waals surface area contributed by atoms with Gasteiger partial charge >= 0.3 is 0 Å². The average molecular weight is 585 g/mol. The molecule has 226 valence electrons. The molecule has 7 nitrogen and oxygen atoms in total. The van der Waals surface area contributed by atoms with E-state index in [1.165, 1.54) is 30.5 Å². The van der Waals surface area contributed by atoms with Crippen molar-refractivity contribution in [2.45, 2.75) is 51.4 Å². The van der Waals surface area contributed by atoms with Crippen molar-refractivity contribution in [3.05, 3.63) is 95.4 Å². The Kier molecular flexibility index (Phi) is 8.95. The SMILES string of the molecule is COc1cccc2c(C(=O)NCc3cccc(C)c3)cn(CCCN3C4CCC3CN(CCOc3ccc(F)cc3)C4)c12. The number of nitrogens with zero attached hydrogens (tertiary/aromatic N) is 3. The highest BCUT2D eigenvalue weighted by Crippen LogP contribution is 2.32. The van der Waals surface area contributed by atoms with Crippen molar-refractivity contribution in [3.63, 3.8) is 0 Å². The topological polar surface area (TPSA) is 59.0 Å². The molecule has 0 saturated carbocycles. The van der Waals surface area contributed by atoms with Crippen LogP contribution in [0.15, 0.2) is 72.9 Å². The van der Waals surface area contributed by atoms with Crippen molar-refractivity contribution in [2.75, 3.05) is 39.9 Å². The number of ether oxygens (including phenoxy) is 2. The summed E-state index contributed by atoms with van der Waals surface area (Å²) in [4.78, 5) is 18.5. The van der Waals surface area contributed by atoms with E-state index in [0.29, 0.717) is 36.5 Å². The van der Waals surface area contributed by atoms with Gasteiger partial charge in [0.2, 0.25) is 0 Å². The minimum Gasteiger partial charge on any atom is -0.495 e. The molecule has 4 aromatic rings. The van der Waals surface area contributed by atoms with E-state index in [0.717, 1.165) is 61.4 Å². The number of likely N-dealkylation sites (tertiary alicyclic amines) is 1. The van der Waals surface area contributed by atoms with Crippen LogP contribution in [0.2, 0.25) is 0 Å². The van der Waals surface area contributed by atoms with Crippen LogP contribution in [0.1, 0.15) is 40.7 Å². The van der Waals surface area contributed by atoms with Gasteiger partial charge in [0.1, 0.15) is 23.9 Å². The highest BCUT2D eigenvalue weighted by Gasteiger charge is 2.39. The number of carbonyl (C=O) groups excluding carboxylic acids is 1.